The van der Waals surface area contributed by atoms with Crippen LogP contribution in [0.5, 0.6) is 11.6 Å². The van der Waals surface area contributed by atoms with E-state index in [1.54, 1.807) is 18.2 Å². The van der Waals surface area contributed by atoms with Crippen molar-refractivity contribution in [3.05, 3.63) is 48.2 Å². The van der Waals surface area contributed by atoms with Gasteiger partial charge in [-0.3, -0.25) is 4.79 Å². The third-order valence-electron chi connectivity index (χ3n) is 2.62. The van der Waals surface area contributed by atoms with Crippen molar-refractivity contribution in [3.63, 3.8) is 0 Å². The van der Waals surface area contributed by atoms with E-state index < -0.39 is 9.84 Å². The van der Waals surface area contributed by atoms with Gasteiger partial charge in [0.15, 0.2) is 15.6 Å². The van der Waals surface area contributed by atoms with Crippen LogP contribution in [-0.4, -0.2) is 25.4 Å². The minimum absolute atomic E-state index is 0.0790. The molecular formula is C16H19NO4S. The molecule has 118 valence electrons. The molecule has 1 aromatic heterocycles. The molecule has 0 saturated carbocycles. The Labute approximate surface area is 130 Å². The lowest BCUT2D eigenvalue weighted by Gasteiger charge is -2.06. The van der Waals surface area contributed by atoms with E-state index in [9.17, 15) is 13.2 Å². The van der Waals surface area contributed by atoms with E-state index in [2.05, 4.69) is 4.98 Å². The molecule has 0 aliphatic carbocycles. The lowest BCUT2D eigenvalue weighted by molar-refractivity contribution is 0.101. The summed E-state index contributed by atoms with van der Waals surface area (Å²) in [4.78, 5) is 15.5. The van der Waals surface area contributed by atoms with E-state index in [1.165, 1.54) is 31.3 Å². The molecule has 0 fully saturated rings. The molecule has 0 saturated heterocycles. The first-order chi connectivity index (χ1) is 10.4. The number of benzene rings is 1. The smallest absolute Gasteiger partial charge is 0.219 e. The number of carbonyl (C=O) groups is 1. The maximum atomic E-state index is 11.3. The van der Waals surface area contributed by atoms with Crippen molar-refractivity contribution in [2.45, 2.75) is 25.7 Å². The number of ketones is 1. The average Bonchev–Trinajstić information content (AvgIpc) is 2.49. The Morgan fingerprint density at radius 1 is 1.09 bits per heavy atom. The van der Waals surface area contributed by atoms with E-state index in [0.717, 1.165) is 6.26 Å². The quantitative estimate of drug-likeness (QED) is 0.806. The molecule has 2 rings (SSSR count). The highest BCUT2D eigenvalue weighted by molar-refractivity contribution is 7.90. The molecule has 0 bridgehead atoms. The van der Waals surface area contributed by atoms with Crippen LogP contribution < -0.4 is 4.74 Å². The van der Waals surface area contributed by atoms with Gasteiger partial charge in [0, 0.05) is 24.1 Å². The normalized spacial score (nSPS) is 10.4. The van der Waals surface area contributed by atoms with Crippen molar-refractivity contribution in [1.82, 2.24) is 4.98 Å². The van der Waals surface area contributed by atoms with Crippen LogP contribution >= 0.6 is 0 Å². The fraction of sp³-hybridized carbons (Fsp3) is 0.250. The van der Waals surface area contributed by atoms with E-state index in [0.29, 0.717) is 11.3 Å². The zero-order chi connectivity index (χ0) is 16.8. The van der Waals surface area contributed by atoms with Crippen LogP contribution in [0.2, 0.25) is 0 Å². The maximum absolute atomic E-state index is 11.3. The molecule has 0 unspecified atom stereocenters. The molecule has 0 aliphatic heterocycles. The Bertz CT molecular complexity index is 737. The first-order valence-corrected chi connectivity index (χ1v) is 8.70. The molecule has 22 heavy (non-hydrogen) atoms. The summed E-state index contributed by atoms with van der Waals surface area (Å²) in [7, 11) is -3.23. The van der Waals surface area contributed by atoms with Gasteiger partial charge < -0.3 is 4.74 Å². The number of hydrogen-bond acceptors (Lipinski definition) is 5. The predicted octanol–water partition coefficient (Wildman–Crippen LogP) is 3.51. The largest absolute Gasteiger partial charge is 0.439 e. The van der Waals surface area contributed by atoms with E-state index in [4.69, 9.17) is 4.74 Å². The van der Waals surface area contributed by atoms with Gasteiger partial charge >= 0.3 is 0 Å². The SMILES string of the molecule is CC.CC(=O)c1ccnc(Oc2ccc(S(C)(=O)=O)cc2)c1. The van der Waals surface area contributed by atoms with Crippen molar-refractivity contribution in [2.24, 2.45) is 0 Å². The Morgan fingerprint density at radius 3 is 2.18 bits per heavy atom. The van der Waals surface area contributed by atoms with Crippen LogP contribution in [-0.2, 0) is 9.84 Å². The highest BCUT2D eigenvalue weighted by Crippen LogP contribution is 2.22. The van der Waals surface area contributed by atoms with Crippen molar-refractivity contribution in [1.29, 1.82) is 0 Å². The summed E-state index contributed by atoms with van der Waals surface area (Å²) in [6, 6.07) is 9.13. The van der Waals surface area contributed by atoms with Crippen molar-refractivity contribution in [2.75, 3.05) is 6.26 Å². The summed E-state index contributed by atoms with van der Waals surface area (Å²) in [5.41, 5.74) is 0.503. The fourth-order valence-electron chi connectivity index (χ4n) is 1.56. The number of nitrogens with zero attached hydrogens (tertiary/aromatic N) is 1. The van der Waals surface area contributed by atoms with Crippen LogP contribution in [0.4, 0.5) is 0 Å². The van der Waals surface area contributed by atoms with Crippen LogP contribution in [0.25, 0.3) is 0 Å². The molecule has 6 heteroatoms. The Hall–Kier alpha value is -2.21. The Morgan fingerprint density at radius 2 is 1.68 bits per heavy atom. The van der Waals surface area contributed by atoms with Crippen molar-refractivity contribution >= 4 is 15.6 Å². The van der Waals surface area contributed by atoms with Crippen molar-refractivity contribution < 1.29 is 17.9 Å². The zero-order valence-electron chi connectivity index (χ0n) is 13.0. The second-order valence-corrected chi connectivity index (χ2v) is 6.30. The number of aromatic nitrogens is 1. The third kappa shape index (κ3) is 4.96. The van der Waals surface area contributed by atoms with Gasteiger partial charge in [-0.15, -0.1) is 0 Å². The molecule has 5 nitrogen and oxygen atoms in total. The summed E-state index contributed by atoms with van der Waals surface area (Å²) in [6.45, 7) is 5.46. The van der Waals surface area contributed by atoms with E-state index >= 15 is 0 Å². The Balaban J connectivity index is 0.00000116. The standard InChI is InChI=1S/C14H13NO4S.C2H6/c1-10(16)11-7-8-15-14(9-11)19-12-3-5-13(6-4-12)20(2,17)18;1-2/h3-9H,1-2H3;1-2H3. The molecule has 1 heterocycles. The number of hydrogen-bond donors (Lipinski definition) is 0. The highest BCUT2D eigenvalue weighted by atomic mass is 32.2. The number of pyridine rings is 1. The lowest BCUT2D eigenvalue weighted by Crippen LogP contribution is -1.97. The summed E-state index contributed by atoms with van der Waals surface area (Å²) in [6.07, 6.45) is 2.62. The van der Waals surface area contributed by atoms with Gasteiger partial charge in [-0.25, -0.2) is 13.4 Å². The number of sulfone groups is 1. The maximum Gasteiger partial charge on any atom is 0.219 e. The predicted molar refractivity (Wildman–Crippen MR) is 85.2 cm³/mol. The van der Waals surface area contributed by atoms with Gasteiger partial charge in [0.05, 0.1) is 4.90 Å². The molecule has 0 radical (unpaired) electrons. The second-order valence-electron chi connectivity index (χ2n) is 4.28. The van der Waals surface area contributed by atoms with Gasteiger partial charge in [0.1, 0.15) is 5.75 Å². The van der Waals surface area contributed by atoms with Gasteiger partial charge in [0.25, 0.3) is 0 Å². The zero-order valence-corrected chi connectivity index (χ0v) is 13.8. The monoisotopic (exact) mass is 321 g/mol. The minimum Gasteiger partial charge on any atom is -0.439 e. The van der Waals surface area contributed by atoms with Gasteiger partial charge in [0.2, 0.25) is 5.88 Å². The summed E-state index contributed by atoms with van der Waals surface area (Å²) < 4.78 is 28.1. The minimum atomic E-state index is -3.23. The van der Waals surface area contributed by atoms with Gasteiger partial charge in [-0.2, -0.15) is 0 Å². The summed E-state index contributed by atoms with van der Waals surface area (Å²) in [5, 5.41) is 0. The average molecular weight is 321 g/mol. The molecule has 0 aliphatic rings. The molecule has 0 spiro atoms. The number of rotatable bonds is 4. The lowest BCUT2D eigenvalue weighted by atomic mass is 10.2. The summed E-state index contributed by atoms with van der Waals surface area (Å²) in [5.74, 6) is 0.653. The van der Waals surface area contributed by atoms with Crippen LogP contribution in [0.15, 0.2) is 47.5 Å². The van der Waals surface area contributed by atoms with Gasteiger partial charge in [-0.05, 0) is 37.3 Å². The molecular weight excluding hydrogens is 302 g/mol. The third-order valence-corrected chi connectivity index (χ3v) is 3.74. The van der Waals surface area contributed by atoms with Crippen molar-refractivity contribution in [3.8, 4) is 11.6 Å². The van der Waals surface area contributed by atoms with E-state index in [1.807, 2.05) is 13.8 Å². The number of carbonyl (C=O) groups excluding carboxylic acids is 1. The fourth-order valence-corrected chi connectivity index (χ4v) is 2.19. The summed E-state index contributed by atoms with van der Waals surface area (Å²) >= 11 is 0. The molecule has 0 amide bonds. The van der Waals surface area contributed by atoms with Crippen LogP contribution in [0, 0.1) is 0 Å². The van der Waals surface area contributed by atoms with Gasteiger partial charge in [-0.1, -0.05) is 13.8 Å². The number of Topliss-reactive ketones (excluding diaryl/α,β-unsaturated/α-hetero) is 1. The second kappa shape index (κ2) is 7.70. The number of ether oxygens (including phenoxy) is 1. The van der Waals surface area contributed by atoms with Crippen LogP contribution in [0.1, 0.15) is 31.1 Å². The topological polar surface area (TPSA) is 73.3 Å². The first kappa shape index (κ1) is 17.8. The van der Waals surface area contributed by atoms with Crippen LogP contribution in [0.3, 0.4) is 0 Å². The highest BCUT2D eigenvalue weighted by Gasteiger charge is 2.08. The van der Waals surface area contributed by atoms with E-state index in [-0.39, 0.29) is 16.6 Å². The Kier molecular flexibility index (Phi) is 6.24. The first-order valence-electron chi connectivity index (χ1n) is 6.81. The molecule has 0 atom stereocenters. The molecule has 0 N–H and O–H groups in total. The molecule has 1 aromatic carbocycles. The molecule has 2 aromatic rings.